The van der Waals surface area contributed by atoms with Crippen molar-refractivity contribution in [3.8, 4) is 10.6 Å². The molecule has 0 unspecified atom stereocenters. The van der Waals surface area contributed by atoms with Crippen molar-refractivity contribution in [3.05, 3.63) is 58.0 Å². The van der Waals surface area contributed by atoms with Crippen LogP contribution in [0.2, 0.25) is 10.0 Å². The first kappa shape index (κ1) is 19.1. The molecule has 28 heavy (non-hydrogen) atoms. The number of hydrogen-bond donors (Lipinski definition) is 3. The number of halogens is 3. The molecule has 0 saturated heterocycles. The number of fused-ring (bicyclic) bond motifs is 1. The number of nitrogens with zero attached hydrogens (tertiary/aromatic N) is 3. The fourth-order valence-corrected chi connectivity index (χ4v) is 4.05. The van der Waals surface area contributed by atoms with Crippen molar-refractivity contribution >= 4 is 50.6 Å². The molecule has 6 nitrogen and oxygen atoms in total. The van der Waals surface area contributed by atoms with Crippen LogP contribution in [0.5, 0.6) is 0 Å². The van der Waals surface area contributed by atoms with Crippen LogP contribution in [0, 0.1) is 5.82 Å². The minimum absolute atomic E-state index is 0.190. The highest BCUT2D eigenvalue weighted by molar-refractivity contribution is 7.18. The molecule has 0 bridgehead atoms. The predicted molar refractivity (Wildman–Crippen MR) is 112 cm³/mol. The Morgan fingerprint density at radius 2 is 2.07 bits per heavy atom. The lowest BCUT2D eigenvalue weighted by atomic mass is 10.1. The van der Waals surface area contributed by atoms with E-state index in [0.29, 0.717) is 44.2 Å². The summed E-state index contributed by atoms with van der Waals surface area (Å²) in [6, 6.07) is 8.25. The van der Waals surface area contributed by atoms with Crippen LogP contribution in [0.4, 0.5) is 9.52 Å². The van der Waals surface area contributed by atoms with Gasteiger partial charge in [-0.3, -0.25) is 5.10 Å². The van der Waals surface area contributed by atoms with Gasteiger partial charge in [0.2, 0.25) is 5.13 Å². The summed E-state index contributed by atoms with van der Waals surface area (Å²) in [6.07, 6.45) is 2.22. The first-order valence-electron chi connectivity index (χ1n) is 8.39. The molecule has 4 aromatic rings. The van der Waals surface area contributed by atoms with E-state index >= 15 is 0 Å². The molecule has 0 aliphatic carbocycles. The lowest BCUT2D eigenvalue weighted by Crippen LogP contribution is -2.31. The van der Waals surface area contributed by atoms with Crippen LogP contribution < -0.4 is 11.1 Å². The lowest BCUT2D eigenvalue weighted by molar-refractivity contribution is 0.632. The van der Waals surface area contributed by atoms with Gasteiger partial charge in [-0.05, 0) is 30.2 Å². The zero-order valence-corrected chi connectivity index (χ0v) is 16.7. The molecule has 4 N–H and O–H groups in total. The van der Waals surface area contributed by atoms with Crippen LogP contribution in [0.15, 0.2) is 36.5 Å². The number of aromatic nitrogens is 4. The normalized spacial score (nSPS) is 12.4. The van der Waals surface area contributed by atoms with Crippen molar-refractivity contribution in [2.75, 3.05) is 11.9 Å². The molecular formula is C18H15Cl2FN6S. The molecular weight excluding hydrogens is 422 g/mol. The Labute approximate surface area is 173 Å². The third kappa shape index (κ3) is 4.10. The van der Waals surface area contributed by atoms with Gasteiger partial charge >= 0.3 is 0 Å². The van der Waals surface area contributed by atoms with Crippen molar-refractivity contribution in [3.63, 3.8) is 0 Å². The van der Waals surface area contributed by atoms with E-state index in [1.807, 2.05) is 6.07 Å². The number of nitrogens with two attached hydrogens (primary N) is 1. The van der Waals surface area contributed by atoms with E-state index in [1.165, 1.54) is 17.4 Å². The first-order chi connectivity index (χ1) is 13.5. The fourth-order valence-electron chi connectivity index (χ4n) is 2.79. The highest BCUT2D eigenvalue weighted by atomic mass is 35.5. The van der Waals surface area contributed by atoms with Gasteiger partial charge in [0.25, 0.3) is 0 Å². The van der Waals surface area contributed by atoms with E-state index in [-0.39, 0.29) is 11.9 Å². The van der Waals surface area contributed by atoms with Crippen LogP contribution in [0.1, 0.15) is 5.56 Å². The van der Waals surface area contributed by atoms with Crippen molar-refractivity contribution in [1.29, 1.82) is 0 Å². The molecule has 144 valence electrons. The zero-order chi connectivity index (χ0) is 19.7. The minimum atomic E-state index is -0.381. The maximum absolute atomic E-state index is 14.3. The highest BCUT2D eigenvalue weighted by Crippen LogP contribution is 2.31. The molecule has 0 aliphatic heterocycles. The SMILES string of the molecule is N[C@H](CNc1nnc(-c2cc3cn[nH]c3cc2F)s1)Cc1ccc(Cl)cc1Cl. The van der Waals surface area contributed by atoms with Gasteiger partial charge in [0.15, 0.2) is 5.01 Å². The second kappa shape index (κ2) is 8.00. The summed E-state index contributed by atoms with van der Waals surface area (Å²) >= 11 is 13.4. The van der Waals surface area contributed by atoms with Gasteiger partial charge in [0, 0.05) is 39.6 Å². The average Bonchev–Trinajstić information content (AvgIpc) is 3.30. The molecule has 0 fully saturated rings. The molecule has 0 aliphatic rings. The molecule has 0 spiro atoms. The number of H-pyrrole nitrogens is 1. The Bertz CT molecular complexity index is 1130. The summed E-state index contributed by atoms with van der Waals surface area (Å²) in [4.78, 5) is 0. The van der Waals surface area contributed by atoms with Crippen molar-refractivity contribution < 1.29 is 4.39 Å². The zero-order valence-electron chi connectivity index (χ0n) is 14.4. The molecule has 0 amide bonds. The van der Waals surface area contributed by atoms with Gasteiger partial charge in [-0.15, -0.1) is 10.2 Å². The second-order valence-corrected chi connectivity index (χ2v) is 8.10. The Kier molecular flexibility index (Phi) is 5.45. The summed E-state index contributed by atoms with van der Waals surface area (Å²) in [5, 5.41) is 21.0. The highest BCUT2D eigenvalue weighted by Gasteiger charge is 2.14. The molecule has 0 saturated carbocycles. The van der Waals surface area contributed by atoms with E-state index in [2.05, 4.69) is 25.7 Å². The van der Waals surface area contributed by atoms with Crippen LogP contribution in [0.25, 0.3) is 21.5 Å². The van der Waals surface area contributed by atoms with E-state index in [1.54, 1.807) is 24.4 Å². The van der Waals surface area contributed by atoms with E-state index in [4.69, 9.17) is 28.9 Å². The van der Waals surface area contributed by atoms with Crippen LogP contribution in [0.3, 0.4) is 0 Å². The van der Waals surface area contributed by atoms with Gasteiger partial charge in [-0.25, -0.2) is 4.39 Å². The lowest BCUT2D eigenvalue weighted by Gasteiger charge is -2.13. The number of nitrogens with one attached hydrogen (secondary N) is 2. The number of benzene rings is 2. The number of anilines is 1. The van der Waals surface area contributed by atoms with Crippen LogP contribution in [-0.2, 0) is 6.42 Å². The Hall–Kier alpha value is -2.26. The van der Waals surface area contributed by atoms with Gasteiger partial charge in [-0.2, -0.15) is 5.10 Å². The van der Waals surface area contributed by atoms with Crippen molar-refractivity contribution in [1.82, 2.24) is 20.4 Å². The Morgan fingerprint density at radius 1 is 1.21 bits per heavy atom. The van der Waals surface area contributed by atoms with E-state index < -0.39 is 0 Å². The third-order valence-corrected chi connectivity index (χ3v) is 5.70. The van der Waals surface area contributed by atoms with Gasteiger partial charge in [0.1, 0.15) is 5.82 Å². The van der Waals surface area contributed by atoms with Crippen molar-refractivity contribution in [2.24, 2.45) is 5.73 Å². The third-order valence-electron chi connectivity index (χ3n) is 4.20. The summed E-state index contributed by atoms with van der Waals surface area (Å²) in [7, 11) is 0. The second-order valence-electron chi connectivity index (χ2n) is 6.28. The van der Waals surface area contributed by atoms with Gasteiger partial charge in [0.05, 0.1) is 11.7 Å². The minimum Gasteiger partial charge on any atom is -0.359 e. The van der Waals surface area contributed by atoms with Gasteiger partial charge < -0.3 is 11.1 Å². The molecule has 2 aromatic carbocycles. The summed E-state index contributed by atoms with van der Waals surface area (Å²) in [5.74, 6) is -0.381. The van der Waals surface area contributed by atoms with Gasteiger partial charge in [-0.1, -0.05) is 40.6 Å². The summed E-state index contributed by atoms with van der Waals surface area (Å²) in [6.45, 7) is 0.469. The molecule has 0 radical (unpaired) electrons. The molecule has 1 atom stereocenters. The first-order valence-corrected chi connectivity index (χ1v) is 9.96. The van der Waals surface area contributed by atoms with E-state index in [0.717, 1.165) is 10.9 Å². The summed E-state index contributed by atoms with van der Waals surface area (Å²) < 4.78 is 14.3. The molecule has 4 rings (SSSR count). The Morgan fingerprint density at radius 3 is 2.89 bits per heavy atom. The number of hydrogen-bond acceptors (Lipinski definition) is 6. The van der Waals surface area contributed by atoms with E-state index in [9.17, 15) is 4.39 Å². The fraction of sp³-hybridized carbons (Fsp3) is 0.167. The maximum atomic E-state index is 14.3. The average molecular weight is 437 g/mol. The Balaban J connectivity index is 1.42. The number of rotatable bonds is 6. The van der Waals surface area contributed by atoms with Crippen molar-refractivity contribution in [2.45, 2.75) is 12.5 Å². The topological polar surface area (TPSA) is 92.5 Å². The van der Waals surface area contributed by atoms with Crippen LogP contribution in [-0.4, -0.2) is 33.0 Å². The molecule has 2 heterocycles. The summed E-state index contributed by atoms with van der Waals surface area (Å²) in [5.41, 5.74) is 8.13. The largest absolute Gasteiger partial charge is 0.359 e. The number of aromatic amines is 1. The smallest absolute Gasteiger partial charge is 0.206 e. The quantitative estimate of drug-likeness (QED) is 0.413. The monoisotopic (exact) mass is 436 g/mol. The predicted octanol–water partition coefficient (Wildman–Crippen LogP) is 4.51. The molecule has 2 aromatic heterocycles. The standard InChI is InChI=1S/C18H15Cl2FN6S/c19-11-2-1-9(14(20)5-11)3-12(22)8-23-18-27-26-17(28-18)13-4-10-7-24-25-16(10)6-15(13)21/h1-2,4-7,12H,3,8,22H2,(H,23,27)(H,24,25)/t12-/m0/s1. The molecule has 10 heteroatoms. The van der Waals surface area contributed by atoms with Crippen LogP contribution >= 0.6 is 34.5 Å². The maximum Gasteiger partial charge on any atom is 0.206 e.